The maximum Gasteiger partial charge on any atom is 0.0973 e. The zero-order valence-electron chi connectivity index (χ0n) is 28.8. The first-order valence-electron chi connectivity index (χ1n) is 17.9. The van der Waals surface area contributed by atoms with Crippen molar-refractivity contribution in [2.75, 3.05) is 0 Å². The maximum atomic E-state index is 5.29. The van der Waals surface area contributed by atoms with Crippen molar-refractivity contribution in [3.63, 3.8) is 0 Å². The molecular weight excluding hydrogens is 661 g/mol. The fourth-order valence-corrected chi connectivity index (χ4v) is 7.44. The monoisotopic (exact) mass is 688 g/mol. The molecule has 0 radical (unpaired) electrons. The van der Waals surface area contributed by atoms with Gasteiger partial charge in [-0.1, -0.05) is 91.0 Å². The molecule has 0 N–H and O–H groups in total. The lowest BCUT2D eigenvalue weighted by Gasteiger charge is -2.12. The summed E-state index contributed by atoms with van der Waals surface area (Å²) < 4.78 is 0. The minimum Gasteiger partial charge on any atom is -0.255 e. The van der Waals surface area contributed by atoms with Gasteiger partial charge in [-0.05, 0) is 94.3 Å². The number of benzene rings is 5. The Labute approximate surface area is 309 Å². The molecule has 11 aromatic rings. The van der Waals surface area contributed by atoms with Crippen molar-refractivity contribution < 1.29 is 0 Å². The highest BCUT2D eigenvalue weighted by molar-refractivity contribution is 6.04. The molecular formula is C48H28N6. The predicted molar refractivity (Wildman–Crippen MR) is 220 cm³/mol. The van der Waals surface area contributed by atoms with Crippen LogP contribution in [0.3, 0.4) is 0 Å². The maximum absolute atomic E-state index is 5.29. The SMILES string of the molecule is c1ccc(-c2ccc3ccc4ccc(-c5cc(-c6ccc7cc8ccccc8cc7n6)nc(-c6ccc7cc8ccccc8cc7n6)c5)nc4c3n2)nc1. The van der Waals surface area contributed by atoms with Gasteiger partial charge in [0.15, 0.2) is 0 Å². The normalized spacial score (nSPS) is 11.7. The average Bonchev–Trinajstić information content (AvgIpc) is 3.24. The van der Waals surface area contributed by atoms with Gasteiger partial charge in [0.2, 0.25) is 0 Å². The number of aromatic nitrogens is 6. The molecule has 5 aromatic carbocycles. The molecule has 6 aromatic heterocycles. The molecule has 6 heterocycles. The molecule has 6 nitrogen and oxygen atoms in total. The topological polar surface area (TPSA) is 77.3 Å². The fourth-order valence-electron chi connectivity index (χ4n) is 7.44. The van der Waals surface area contributed by atoms with Crippen LogP contribution in [0, 0.1) is 0 Å². The fraction of sp³-hybridized carbons (Fsp3) is 0. The zero-order valence-corrected chi connectivity index (χ0v) is 28.8. The van der Waals surface area contributed by atoms with Crippen molar-refractivity contribution in [2.24, 2.45) is 0 Å². The molecule has 0 bridgehead atoms. The van der Waals surface area contributed by atoms with Crippen LogP contribution in [0.1, 0.15) is 0 Å². The largest absolute Gasteiger partial charge is 0.255 e. The number of nitrogens with zero attached hydrogens (tertiary/aromatic N) is 6. The molecule has 0 unspecified atom stereocenters. The Kier molecular flexibility index (Phi) is 6.75. The van der Waals surface area contributed by atoms with Gasteiger partial charge in [-0.15, -0.1) is 0 Å². The van der Waals surface area contributed by atoms with Crippen molar-refractivity contribution in [2.45, 2.75) is 0 Å². The Bertz CT molecular complexity index is 3150. The average molecular weight is 689 g/mol. The van der Waals surface area contributed by atoms with E-state index >= 15 is 0 Å². The van der Waals surface area contributed by atoms with E-state index in [-0.39, 0.29) is 0 Å². The molecule has 54 heavy (non-hydrogen) atoms. The lowest BCUT2D eigenvalue weighted by atomic mass is 10.0. The van der Waals surface area contributed by atoms with Gasteiger partial charge >= 0.3 is 0 Å². The molecule has 6 heteroatoms. The van der Waals surface area contributed by atoms with E-state index in [4.69, 9.17) is 24.9 Å². The highest BCUT2D eigenvalue weighted by Crippen LogP contribution is 2.34. The van der Waals surface area contributed by atoms with Gasteiger partial charge in [-0.3, -0.25) is 4.98 Å². The van der Waals surface area contributed by atoms with Crippen LogP contribution in [0.4, 0.5) is 0 Å². The van der Waals surface area contributed by atoms with Gasteiger partial charge in [0.1, 0.15) is 0 Å². The van der Waals surface area contributed by atoms with Crippen LogP contribution in [-0.2, 0) is 0 Å². The first-order valence-corrected chi connectivity index (χ1v) is 17.9. The van der Waals surface area contributed by atoms with E-state index < -0.39 is 0 Å². The molecule has 0 fully saturated rings. The molecule has 0 aliphatic rings. The summed E-state index contributed by atoms with van der Waals surface area (Å²) in [5, 5.41) is 8.87. The predicted octanol–water partition coefficient (Wildman–Crippen LogP) is 11.6. The Morgan fingerprint density at radius 1 is 0.259 bits per heavy atom. The second kappa shape index (κ2) is 12.1. The lowest BCUT2D eigenvalue weighted by molar-refractivity contribution is 1.24. The Balaban J connectivity index is 1.11. The number of rotatable bonds is 4. The summed E-state index contributed by atoms with van der Waals surface area (Å²) in [6.07, 6.45) is 1.79. The van der Waals surface area contributed by atoms with E-state index in [1.54, 1.807) is 6.20 Å². The smallest absolute Gasteiger partial charge is 0.0973 e. The highest BCUT2D eigenvalue weighted by Gasteiger charge is 2.15. The minimum absolute atomic E-state index is 0.744. The number of pyridine rings is 6. The quantitative estimate of drug-likeness (QED) is 0.135. The van der Waals surface area contributed by atoms with E-state index in [1.807, 2.05) is 24.3 Å². The third-order valence-corrected chi connectivity index (χ3v) is 10.2. The second-order valence-corrected chi connectivity index (χ2v) is 13.6. The summed E-state index contributed by atoms with van der Waals surface area (Å²) >= 11 is 0. The minimum atomic E-state index is 0.744. The molecule has 0 saturated carbocycles. The van der Waals surface area contributed by atoms with E-state index in [9.17, 15) is 0 Å². The third kappa shape index (κ3) is 5.20. The van der Waals surface area contributed by atoms with Crippen molar-refractivity contribution in [3.05, 3.63) is 170 Å². The van der Waals surface area contributed by atoms with E-state index in [0.29, 0.717) is 0 Å². The third-order valence-electron chi connectivity index (χ3n) is 10.2. The van der Waals surface area contributed by atoms with Crippen LogP contribution in [-0.4, -0.2) is 29.9 Å². The van der Waals surface area contributed by atoms with E-state index in [2.05, 4.69) is 145 Å². The lowest BCUT2D eigenvalue weighted by Crippen LogP contribution is -1.96. The van der Waals surface area contributed by atoms with Gasteiger partial charge in [0.25, 0.3) is 0 Å². The van der Waals surface area contributed by atoms with Crippen molar-refractivity contribution >= 4 is 65.2 Å². The number of hydrogen-bond donors (Lipinski definition) is 0. The molecule has 0 atom stereocenters. The van der Waals surface area contributed by atoms with Crippen LogP contribution < -0.4 is 0 Å². The summed E-state index contributed by atoms with van der Waals surface area (Å²) in [6, 6.07) is 56.3. The van der Waals surface area contributed by atoms with Gasteiger partial charge < -0.3 is 0 Å². The van der Waals surface area contributed by atoms with Crippen LogP contribution in [0.25, 0.3) is 111 Å². The van der Waals surface area contributed by atoms with Crippen molar-refractivity contribution in [3.8, 4) is 45.4 Å². The molecule has 0 spiro atoms. The second-order valence-electron chi connectivity index (χ2n) is 13.6. The van der Waals surface area contributed by atoms with Gasteiger partial charge in [0, 0.05) is 33.3 Å². The first-order chi connectivity index (χ1) is 26.7. The molecule has 11 rings (SSSR count). The van der Waals surface area contributed by atoms with Gasteiger partial charge in [0.05, 0.1) is 61.9 Å². The van der Waals surface area contributed by atoms with Crippen LogP contribution in [0.5, 0.6) is 0 Å². The number of fused-ring (bicyclic) bond motifs is 7. The Hall–Kier alpha value is -7.44. The van der Waals surface area contributed by atoms with Crippen molar-refractivity contribution in [1.82, 2.24) is 29.9 Å². The van der Waals surface area contributed by atoms with E-state index in [1.165, 1.54) is 10.8 Å². The molecule has 0 saturated heterocycles. The first kappa shape index (κ1) is 30.2. The molecule has 0 amide bonds. The Morgan fingerprint density at radius 2 is 0.704 bits per heavy atom. The summed E-state index contributed by atoms with van der Waals surface area (Å²) in [6.45, 7) is 0. The summed E-state index contributed by atoms with van der Waals surface area (Å²) in [4.78, 5) is 30.5. The van der Waals surface area contributed by atoms with Crippen LogP contribution in [0.2, 0.25) is 0 Å². The molecule has 0 aliphatic heterocycles. The summed E-state index contributed by atoms with van der Waals surface area (Å²) in [5.74, 6) is 0. The van der Waals surface area contributed by atoms with Crippen molar-refractivity contribution in [1.29, 1.82) is 0 Å². The molecule has 250 valence electrons. The van der Waals surface area contributed by atoms with Gasteiger partial charge in [-0.2, -0.15) is 0 Å². The number of hydrogen-bond acceptors (Lipinski definition) is 6. The molecule has 0 aliphatic carbocycles. The highest BCUT2D eigenvalue weighted by atomic mass is 14.8. The van der Waals surface area contributed by atoms with Gasteiger partial charge in [-0.25, -0.2) is 24.9 Å². The summed E-state index contributed by atoms with van der Waals surface area (Å²) in [5.41, 5.74) is 9.89. The zero-order chi connectivity index (χ0) is 35.6. The van der Waals surface area contributed by atoms with E-state index in [0.717, 1.165) is 99.8 Å². The van der Waals surface area contributed by atoms with Crippen LogP contribution in [0.15, 0.2) is 170 Å². The summed E-state index contributed by atoms with van der Waals surface area (Å²) in [7, 11) is 0. The van der Waals surface area contributed by atoms with Crippen LogP contribution >= 0.6 is 0 Å². The Morgan fingerprint density at radius 3 is 1.24 bits per heavy atom. The standard InChI is InChI=1S/C48H28N6/c1-3-9-33-25-43-35(23-31(33)7-1)16-20-41(50-43)45-27-37(28-46(52-45)42-21-17-36-24-32-8-2-4-10-34(32)26-44(36)51-42)38-18-14-29-12-13-30-15-19-40(39-11-5-6-22-49-39)54-48(30)47(29)53-38/h1-28H.